The molecule has 3 nitrogen and oxygen atoms in total. The lowest BCUT2D eigenvalue weighted by molar-refractivity contribution is 0.0793. The molecule has 1 aromatic carbocycles. The predicted molar refractivity (Wildman–Crippen MR) is 71.4 cm³/mol. The van der Waals surface area contributed by atoms with E-state index in [0.717, 1.165) is 30.6 Å². The lowest BCUT2D eigenvalue weighted by Crippen LogP contribution is -2.30. The van der Waals surface area contributed by atoms with Gasteiger partial charge in [0.1, 0.15) is 0 Å². The summed E-state index contributed by atoms with van der Waals surface area (Å²) >= 11 is 0. The van der Waals surface area contributed by atoms with Gasteiger partial charge in [-0.3, -0.25) is 4.79 Å². The van der Waals surface area contributed by atoms with Crippen LogP contribution in [0.2, 0.25) is 0 Å². The molecular formula is C14H22N2O. The molecule has 0 saturated heterocycles. The molecule has 0 saturated carbocycles. The summed E-state index contributed by atoms with van der Waals surface area (Å²) in [6.07, 6.45) is 0.976. The van der Waals surface area contributed by atoms with Gasteiger partial charge >= 0.3 is 0 Å². The van der Waals surface area contributed by atoms with Crippen LogP contribution in [0.5, 0.6) is 0 Å². The average Bonchev–Trinajstić information content (AvgIpc) is 2.32. The Balaban J connectivity index is 2.71. The summed E-state index contributed by atoms with van der Waals surface area (Å²) in [4.78, 5) is 14.0. The van der Waals surface area contributed by atoms with E-state index >= 15 is 0 Å². The van der Waals surface area contributed by atoms with E-state index in [9.17, 15) is 4.79 Å². The van der Waals surface area contributed by atoms with E-state index in [-0.39, 0.29) is 5.91 Å². The second-order valence-electron chi connectivity index (χ2n) is 4.43. The van der Waals surface area contributed by atoms with Crippen molar-refractivity contribution in [3.05, 3.63) is 34.9 Å². The quantitative estimate of drug-likeness (QED) is 0.790. The highest BCUT2D eigenvalue weighted by atomic mass is 16.2. The average molecular weight is 234 g/mol. The molecule has 0 aromatic heterocycles. The summed E-state index contributed by atoms with van der Waals surface area (Å²) in [5.74, 6) is 0.113. The summed E-state index contributed by atoms with van der Waals surface area (Å²) in [6.45, 7) is 5.76. The molecular weight excluding hydrogens is 212 g/mol. The lowest BCUT2D eigenvalue weighted by Gasteiger charge is -2.18. The molecule has 0 bridgehead atoms. The molecule has 1 amide bonds. The molecule has 0 radical (unpaired) electrons. The van der Waals surface area contributed by atoms with Crippen molar-refractivity contribution in [1.82, 2.24) is 10.2 Å². The van der Waals surface area contributed by atoms with E-state index in [0.29, 0.717) is 0 Å². The summed E-state index contributed by atoms with van der Waals surface area (Å²) in [5.41, 5.74) is 3.06. The Morgan fingerprint density at radius 2 is 2.06 bits per heavy atom. The van der Waals surface area contributed by atoms with Gasteiger partial charge in [-0.25, -0.2) is 0 Å². The van der Waals surface area contributed by atoms with E-state index < -0.39 is 0 Å². The second-order valence-corrected chi connectivity index (χ2v) is 4.43. The molecule has 17 heavy (non-hydrogen) atoms. The third-order valence-electron chi connectivity index (χ3n) is 3.10. The number of nitrogens with one attached hydrogen (secondary N) is 1. The van der Waals surface area contributed by atoms with Gasteiger partial charge in [0.2, 0.25) is 0 Å². The van der Waals surface area contributed by atoms with Crippen molar-refractivity contribution in [3.8, 4) is 0 Å². The number of nitrogens with zero attached hydrogens (tertiary/aromatic N) is 1. The van der Waals surface area contributed by atoms with Gasteiger partial charge in [-0.2, -0.15) is 0 Å². The Bertz CT molecular complexity index is 388. The van der Waals surface area contributed by atoms with Gasteiger partial charge in [0.25, 0.3) is 5.91 Å². The zero-order chi connectivity index (χ0) is 12.8. The Labute approximate surface area is 104 Å². The number of carbonyl (C=O) groups excluding carboxylic acids is 1. The third-order valence-corrected chi connectivity index (χ3v) is 3.10. The van der Waals surface area contributed by atoms with Gasteiger partial charge in [-0.15, -0.1) is 0 Å². The molecule has 1 aromatic rings. The minimum atomic E-state index is 0.113. The SMILES string of the molecule is CNCCCN(C)C(=O)c1cccc(C)c1C. The molecule has 0 unspecified atom stereocenters. The van der Waals surface area contributed by atoms with Crippen molar-refractivity contribution in [1.29, 1.82) is 0 Å². The summed E-state index contributed by atoms with van der Waals surface area (Å²) in [6, 6.07) is 5.88. The standard InChI is InChI=1S/C14H22N2O/c1-11-7-5-8-13(12(11)2)14(17)16(4)10-6-9-15-3/h5,7-8,15H,6,9-10H2,1-4H3. The van der Waals surface area contributed by atoms with Gasteiger partial charge in [0, 0.05) is 19.2 Å². The van der Waals surface area contributed by atoms with E-state index in [4.69, 9.17) is 0 Å². The molecule has 1 N–H and O–H groups in total. The normalized spacial score (nSPS) is 10.4. The number of amides is 1. The fraction of sp³-hybridized carbons (Fsp3) is 0.500. The topological polar surface area (TPSA) is 32.3 Å². The fourth-order valence-electron chi connectivity index (χ4n) is 1.78. The van der Waals surface area contributed by atoms with Gasteiger partial charge in [-0.05, 0) is 51.1 Å². The highest BCUT2D eigenvalue weighted by molar-refractivity contribution is 5.95. The number of hydrogen-bond donors (Lipinski definition) is 1. The summed E-state index contributed by atoms with van der Waals surface area (Å²) in [5, 5.41) is 3.08. The molecule has 1 rings (SSSR count). The molecule has 94 valence electrons. The zero-order valence-electron chi connectivity index (χ0n) is 11.2. The predicted octanol–water partition coefficient (Wildman–Crippen LogP) is 1.98. The molecule has 0 atom stereocenters. The Kier molecular flexibility index (Phi) is 5.16. The molecule has 0 aliphatic carbocycles. The fourth-order valence-corrected chi connectivity index (χ4v) is 1.78. The van der Waals surface area contributed by atoms with Crippen molar-refractivity contribution in [2.45, 2.75) is 20.3 Å². The number of hydrogen-bond acceptors (Lipinski definition) is 2. The van der Waals surface area contributed by atoms with Crippen molar-refractivity contribution >= 4 is 5.91 Å². The van der Waals surface area contributed by atoms with Crippen LogP contribution in [0.4, 0.5) is 0 Å². The summed E-state index contributed by atoms with van der Waals surface area (Å²) < 4.78 is 0. The number of carbonyl (C=O) groups is 1. The van der Waals surface area contributed by atoms with Crippen molar-refractivity contribution < 1.29 is 4.79 Å². The van der Waals surface area contributed by atoms with Gasteiger partial charge < -0.3 is 10.2 Å². The van der Waals surface area contributed by atoms with E-state index in [1.54, 1.807) is 4.90 Å². The highest BCUT2D eigenvalue weighted by Crippen LogP contribution is 2.14. The number of aryl methyl sites for hydroxylation is 1. The number of rotatable bonds is 5. The summed E-state index contributed by atoms with van der Waals surface area (Å²) in [7, 11) is 3.78. The molecule has 0 spiro atoms. The maximum absolute atomic E-state index is 12.2. The molecule has 3 heteroatoms. The maximum Gasteiger partial charge on any atom is 0.253 e. The van der Waals surface area contributed by atoms with Gasteiger partial charge in [0.05, 0.1) is 0 Å². The van der Waals surface area contributed by atoms with Crippen LogP contribution in [-0.2, 0) is 0 Å². The minimum absolute atomic E-state index is 0.113. The van der Waals surface area contributed by atoms with Gasteiger partial charge in [0.15, 0.2) is 0 Å². The maximum atomic E-state index is 12.2. The van der Waals surface area contributed by atoms with Crippen LogP contribution < -0.4 is 5.32 Å². The Morgan fingerprint density at radius 1 is 1.35 bits per heavy atom. The van der Waals surface area contributed by atoms with Crippen LogP contribution >= 0.6 is 0 Å². The first-order valence-corrected chi connectivity index (χ1v) is 6.04. The number of benzene rings is 1. The first kappa shape index (κ1) is 13.7. The minimum Gasteiger partial charge on any atom is -0.342 e. The van der Waals surface area contributed by atoms with E-state index in [1.165, 1.54) is 5.56 Å². The van der Waals surface area contributed by atoms with E-state index in [2.05, 4.69) is 5.32 Å². The first-order chi connectivity index (χ1) is 8.07. The van der Waals surface area contributed by atoms with Crippen LogP contribution in [-0.4, -0.2) is 38.0 Å². The zero-order valence-corrected chi connectivity index (χ0v) is 11.2. The first-order valence-electron chi connectivity index (χ1n) is 6.04. The van der Waals surface area contributed by atoms with Crippen molar-refractivity contribution in [3.63, 3.8) is 0 Å². The lowest BCUT2D eigenvalue weighted by atomic mass is 10.0. The molecule has 0 fully saturated rings. The molecule has 0 aliphatic heterocycles. The Hall–Kier alpha value is -1.35. The van der Waals surface area contributed by atoms with Crippen LogP contribution in [0, 0.1) is 13.8 Å². The third kappa shape index (κ3) is 3.56. The second kappa shape index (κ2) is 6.40. The van der Waals surface area contributed by atoms with Gasteiger partial charge in [-0.1, -0.05) is 12.1 Å². The largest absolute Gasteiger partial charge is 0.342 e. The van der Waals surface area contributed by atoms with Crippen LogP contribution in [0.25, 0.3) is 0 Å². The molecule has 0 heterocycles. The smallest absolute Gasteiger partial charge is 0.253 e. The van der Waals surface area contributed by atoms with Crippen LogP contribution in [0.15, 0.2) is 18.2 Å². The van der Waals surface area contributed by atoms with Crippen molar-refractivity contribution in [2.75, 3.05) is 27.2 Å². The Morgan fingerprint density at radius 3 is 2.71 bits per heavy atom. The van der Waals surface area contributed by atoms with E-state index in [1.807, 2.05) is 46.1 Å². The monoisotopic (exact) mass is 234 g/mol. The van der Waals surface area contributed by atoms with Crippen LogP contribution in [0.3, 0.4) is 0 Å². The highest BCUT2D eigenvalue weighted by Gasteiger charge is 2.14. The van der Waals surface area contributed by atoms with Crippen LogP contribution in [0.1, 0.15) is 27.9 Å². The molecule has 0 aliphatic rings. The van der Waals surface area contributed by atoms with Crippen molar-refractivity contribution in [2.24, 2.45) is 0 Å².